The molecule has 1 N–H and O–H groups in total. The zero-order valence-electron chi connectivity index (χ0n) is 8.02. The van der Waals surface area contributed by atoms with E-state index in [0.717, 1.165) is 0 Å². The monoisotopic (exact) mass is 217 g/mol. The Bertz CT molecular complexity index is 273. The molecule has 0 radical (unpaired) electrons. The van der Waals surface area contributed by atoms with E-state index >= 15 is 0 Å². The maximum absolute atomic E-state index is 13.2. The van der Waals surface area contributed by atoms with Crippen molar-refractivity contribution < 1.29 is 9.13 Å². The van der Waals surface area contributed by atoms with Crippen molar-refractivity contribution in [2.24, 2.45) is 0 Å². The van der Waals surface area contributed by atoms with E-state index in [1.165, 1.54) is 6.07 Å². The molecule has 78 valence electrons. The lowest BCUT2D eigenvalue weighted by atomic mass is 10.3. The van der Waals surface area contributed by atoms with E-state index in [2.05, 4.69) is 5.32 Å². The SMILES string of the molecule is CCOCCNc1c(F)cccc1Cl. The van der Waals surface area contributed by atoms with Crippen LogP contribution in [0.1, 0.15) is 6.92 Å². The molecular weight excluding hydrogens is 205 g/mol. The molecule has 1 aromatic rings. The van der Waals surface area contributed by atoms with E-state index in [1.54, 1.807) is 12.1 Å². The molecule has 0 aromatic heterocycles. The lowest BCUT2D eigenvalue weighted by Gasteiger charge is -2.08. The minimum absolute atomic E-state index is 0.339. The molecule has 4 heteroatoms. The van der Waals surface area contributed by atoms with Crippen molar-refractivity contribution in [3.63, 3.8) is 0 Å². The number of benzene rings is 1. The molecule has 0 atom stereocenters. The average molecular weight is 218 g/mol. The summed E-state index contributed by atoms with van der Waals surface area (Å²) in [6.07, 6.45) is 0. The van der Waals surface area contributed by atoms with Crippen LogP contribution >= 0.6 is 11.6 Å². The molecule has 1 aromatic carbocycles. The maximum Gasteiger partial charge on any atom is 0.147 e. The Morgan fingerprint density at radius 2 is 2.29 bits per heavy atom. The van der Waals surface area contributed by atoms with Crippen LogP contribution in [0.25, 0.3) is 0 Å². The zero-order valence-corrected chi connectivity index (χ0v) is 8.77. The van der Waals surface area contributed by atoms with Gasteiger partial charge < -0.3 is 10.1 Å². The number of hydrogen-bond acceptors (Lipinski definition) is 2. The van der Waals surface area contributed by atoms with Gasteiger partial charge in [-0.2, -0.15) is 0 Å². The van der Waals surface area contributed by atoms with Gasteiger partial charge in [-0.15, -0.1) is 0 Å². The van der Waals surface area contributed by atoms with Gasteiger partial charge in [-0.05, 0) is 19.1 Å². The van der Waals surface area contributed by atoms with Crippen LogP contribution in [-0.4, -0.2) is 19.8 Å². The van der Waals surface area contributed by atoms with Crippen LogP contribution in [0.3, 0.4) is 0 Å². The van der Waals surface area contributed by atoms with E-state index in [4.69, 9.17) is 16.3 Å². The molecule has 0 saturated heterocycles. The molecule has 0 spiro atoms. The minimum Gasteiger partial charge on any atom is -0.380 e. The van der Waals surface area contributed by atoms with E-state index in [9.17, 15) is 4.39 Å². The first-order chi connectivity index (χ1) is 6.75. The lowest BCUT2D eigenvalue weighted by Crippen LogP contribution is -2.10. The van der Waals surface area contributed by atoms with Crippen molar-refractivity contribution in [2.45, 2.75) is 6.92 Å². The van der Waals surface area contributed by atoms with Gasteiger partial charge in [0.1, 0.15) is 5.82 Å². The van der Waals surface area contributed by atoms with Gasteiger partial charge in [0.05, 0.1) is 17.3 Å². The first kappa shape index (κ1) is 11.3. The number of rotatable bonds is 5. The van der Waals surface area contributed by atoms with Gasteiger partial charge in [-0.1, -0.05) is 17.7 Å². The molecule has 0 amide bonds. The third kappa shape index (κ3) is 3.16. The van der Waals surface area contributed by atoms with Crippen LogP contribution < -0.4 is 5.32 Å². The zero-order chi connectivity index (χ0) is 10.4. The molecular formula is C10H13ClFNO. The van der Waals surface area contributed by atoms with Crippen molar-refractivity contribution in [3.8, 4) is 0 Å². The number of ether oxygens (including phenoxy) is 1. The second-order valence-corrected chi connectivity index (χ2v) is 3.13. The molecule has 0 heterocycles. The Balaban J connectivity index is 2.49. The molecule has 1 rings (SSSR count). The quantitative estimate of drug-likeness (QED) is 0.766. The fourth-order valence-electron chi connectivity index (χ4n) is 1.06. The summed E-state index contributed by atoms with van der Waals surface area (Å²) in [7, 11) is 0. The summed E-state index contributed by atoms with van der Waals surface area (Å²) in [5, 5.41) is 3.27. The third-order valence-electron chi connectivity index (χ3n) is 1.72. The third-order valence-corrected chi connectivity index (χ3v) is 2.03. The highest BCUT2D eigenvalue weighted by atomic mass is 35.5. The van der Waals surface area contributed by atoms with Gasteiger partial charge in [0.15, 0.2) is 0 Å². The predicted molar refractivity (Wildman–Crippen MR) is 56.4 cm³/mol. The number of hydrogen-bond donors (Lipinski definition) is 1. The Kier molecular flexibility index (Phi) is 4.70. The highest BCUT2D eigenvalue weighted by Crippen LogP contribution is 2.23. The van der Waals surface area contributed by atoms with Gasteiger partial charge in [0, 0.05) is 13.2 Å². The van der Waals surface area contributed by atoms with Crippen LogP contribution in [0.5, 0.6) is 0 Å². The molecule has 0 saturated carbocycles. The lowest BCUT2D eigenvalue weighted by molar-refractivity contribution is 0.158. The normalized spacial score (nSPS) is 10.2. The number of anilines is 1. The summed E-state index contributed by atoms with van der Waals surface area (Å²) >= 11 is 5.80. The second kappa shape index (κ2) is 5.83. The first-order valence-electron chi connectivity index (χ1n) is 4.51. The summed E-state index contributed by atoms with van der Waals surface area (Å²) in [6, 6.07) is 4.59. The van der Waals surface area contributed by atoms with Gasteiger partial charge in [0.25, 0.3) is 0 Å². The Labute approximate surface area is 88.0 Å². The largest absolute Gasteiger partial charge is 0.380 e. The van der Waals surface area contributed by atoms with Gasteiger partial charge >= 0.3 is 0 Å². The molecule has 14 heavy (non-hydrogen) atoms. The van der Waals surface area contributed by atoms with Gasteiger partial charge in [0.2, 0.25) is 0 Å². The van der Waals surface area contributed by atoms with Crippen molar-refractivity contribution >= 4 is 17.3 Å². The molecule has 0 unspecified atom stereocenters. The molecule has 2 nitrogen and oxygen atoms in total. The van der Waals surface area contributed by atoms with Crippen molar-refractivity contribution in [3.05, 3.63) is 29.0 Å². The summed E-state index contributed by atoms with van der Waals surface area (Å²) < 4.78 is 18.3. The molecule has 0 aliphatic rings. The standard InChI is InChI=1S/C10H13ClFNO/c1-2-14-7-6-13-10-8(11)4-3-5-9(10)12/h3-5,13H,2,6-7H2,1H3. The smallest absolute Gasteiger partial charge is 0.147 e. The topological polar surface area (TPSA) is 21.3 Å². The first-order valence-corrected chi connectivity index (χ1v) is 4.89. The van der Waals surface area contributed by atoms with E-state index in [-0.39, 0.29) is 5.82 Å². The number of nitrogens with one attached hydrogen (secondary N) is 1. The van der Waals surface area contributed by atoms with Crippen molar-refractivity contribution in [1.29, 1.82) is 0 Å². The summed E-state index contributed by atoms with van der Waals surface area (Å²) in [5.41, 5.74) is 0.342. The number of halogens is 2. The van der Waals surface area contributed by atoms with Crippen LogP contribution in [0.15, 0.2) is 18.2 Å². The highest BCUT2D eigenvalue weighted by molar-refractivity contribution is 6.33. The van der Waals surface area contributed by atoms with Crippen LogP contribution in [0, 0.1) is 5.82 Å². The number of para-hydroxylation sites is 1. The Morgan fingerprint density at radius 3 is 2.93 bits per heavy atom. The molecule has 0 fully saturated rings. The van der Waals surface area contributed by atoms with E-state index in [1.807, 2.05) is 6.92 Å². The average Bonchev–Trinajstić information content (AvgIpc) is 2.16. The Morgan fingerprint density at radius 1 is 1.50 bits per heavy atom. The fourth-order valence-corrected chi connectivity index (χ4v) is 1.29. The molecule has 0 bridgehead atoms. The fraction of sp³-hybridized carbons (Fsp3) is 0.400. The van der Waals surface area contributed by atoms with Gasteiger partial charge in [-0.3, -0.25) is 0 Å². The van der Waals surface area contributed by atoms with Crippen LogP contribution in [0.2, 0.25) is 5.02 Å². The molecule has 0 aliphatic carbocycles. The maximum atomic E-state index is 13.2. The minimum atomic E-state index is -0.339. The summed E-state index contributed by atoms with van der Waals surface area (Å²) in [4.78, 5) is 0. The van der Waals surface area contributed by atoms with Crippen LogP contribution in [0.4, 0.5) is 10.1 Å². The second-order valence-electron chi connectivity index (χ2n) is 2.72. The van der Waals surface area contributed by atoms with E-state index < -0.39 is 0 Å². The summed E-state index contributed by atoms with van der Waals surface area (Å²) in [6.45, 7) is 3.67. The molecule has 0 aliphatic heterocycles. The van der Waals surface area contributed by atoms with Crippen LogP contribution in [-0.2, 0) is 4.74 Å². The van der Waals surface area contributed by atoms with Crippen molar-refractivity contribution in [2.75, 3.05) is 25.1 Å². The van der Waals surface area contributed by atoms with E-state index in [0.29, 0.717) is 30.5 Å². The highest BCUT2D eigenvalue weighted by Gasteiger charge is 2.04. The van der Waals surface area contributed by atoms with Gasteiger partial charge in [-0.25, -0.2) is 4.39 Å². The summed E-state index contributed by atoms with van der Waals surface area (Å²) in [5.74, 6) is -0.339. The predicted octanol–water partition coefficient (Wildman–Crippen LogP) is 2.93. The Hall–Kier alpha value is -0.800. The van der Waals surface area contributed by atoms with Crippen molar-refractivity contribution in [1.82, 2.24) is 0 Å².